The van der Waals surface area contributed by atoms with Crippen molar-refractivity contribution in [3.8, 4) is 0 Å². The van der Waals surface area contributed by atoms with Crippen LogP contribution in [0.3, 0.4) is 0 Å². The number of nitrogens with zero attached hydrogens (tertiary/aromatic N) is 4. The Morgan fingerprint density at radius 3 is 2.53 bits per heavy atom. The first-order chi connectivity index (χ1) is 14.4. The van der Waals surface area contributed by atoms with Crippen molar-refractivity contribution in [2.75, 3.05) is 31.1 Å². The number of hydrogen-bond acceptors (Lipinski definition) is 5. The normalized spacial score (nSPS) is 14.3. The van der Waals surface area contributed by atoms with E-state index in [1.165, 1.54) is 16.8 Å². The van der Waals surface area contributed by atoms with Gasteiger partial charge in [-0.15, -0.1) is 10.2 Å². The van der Waals surface area contributed by atoms with Crippen LogP contribution in [0, 0.1) is 13.8 Å². The lowest BCUT2D eigenvalue weighted by molar-refractivity contribution is 0.0704. The van der Waals surface area contributed by atoms with E-state index in [0.29, 0.717) is 35.4 Å². The molecule has 0 bridgehead atoms. The molecule has 3 aromatic rings. The van der Waals surface area contributed by atoms with Gasteiger partial charge in [0.15, 0.2) is 0 Å². The van der Waals surface area contributed by atoms with Gasteiger partial charge in [-0.1, -0.05) is 41.4 Å². The summed E-state index contributed by atoms with van der Waals surface area (Å²) in [6.45, 7) is 6.93. The molecule has 0 unspecified atom stereocenters. The second-order valence-electron chi connectivity index (χ2n) is 7.48. The second-order valence-corrected chi connectivity index (χ2v) is 8.33. The number of amides is 1. The highest BCUT2D eigenvalue weighted by atomic mass is 35.5. The van der Waals surface area contributed by atoms with E-state index >= 15 is 0 Å². The highest BCUT2D eigenvalue weighted by molar-refractivity contribution is 6.35. The van der Waals surface area contributed by atoms with Gasteiger partial charge in [-0.3, -0.25) is 4.79 Å². The van der Waals surface area contributed by atoms with Crippen LogP contribution in [0.5, 0.6) is 0 Å². The maximum Gasteiger partial charge on any atom is 0.311 e. The van der Waals surface area contributed by atoms with Crippen LogP contribution in [0.25, 0.3) is 0 Å². The van der Waals surface area contributed by atoms with Crippen LogP contribution in [0.2, 0.25) is 10.0 Å². The van der Waals surface area contributed by atoms with Gasteiger partial charge in [-0.25, -0.2) is 0 Å². The number of halogens is 2. The number of rotatable bonds is 4. The van der Waals surface area contributed by atoms with Crippen LogP contribution >= 0.6 is 23.2 Å². The first kappa shape index (κ1) is 20.7. The van der Waals surface area contributed by atoms with Crippen molar-refractivity contribution in [2.24, 2.45) is 0 Å². The lowest BCUT2D eigenvalue weighted by Gasteiger charge is -2.36. The molecular formula is C22H22Cl2N4O2. The van der Waals surface area contributed by atoms with Crippen molar-refractivity contribution in [1.82, 2.24) is 15.1 Å². The van der Waals surface area contributed by atoms with Crippen LogP contribution in [-0.2, 0) is 6.42 Å². The molecule has 0 saturated carbocycles. The molecule has 4 rings (SSSR count). The van der Waals surface area contributed by atoms with Crippen LogP contribution < -0.4 is 4.90 Å². The fourth-order valence-corrected chi connectivity index (χ4v) is 4.06. The van der Waals surface area contributed by atoms with Crippen molar-refractivity contribution in [3.63, 3.8) is 0 Å². The Hall–Kier alpha value is -2.57. The highest BCUT2D eigenvalue weighted by Crippen LogP contribution is 2.25. The third-order valence-corrected chi connectivity index (χ3v) is 5.87. The molecule has 1 aromatic heterocycles. The van der Waals surface area contributed by atoms with Crippen LogP contribution in [0.4, 0.5) is 5.69 Å². The second kappa shape index (κ2) is 8.66. The van der Waals surface area contributed by atoms with Gasteiger partial charge in [0.05, 0.1) is 6.42 Å². The lowest BCUT2D eigenvalue weighted by Crippen LogP contribution is -2.49. The van der Waals surface area contributed by atoms with Crippen LogP contribution in [0.15, 0.2) is 40.8 Å². The summed E-state index contributed by atoms with van der Waals surface area (Å²) in [5.41, 5.74) is 4.50. The van der Waals surface area contributed by atoms with Crippen molar-refractivity contribution in [2.45, 2.75) is 20.3 Å². The van der Waals surface area contributed by atoms with E-state index in [9.17, 15) is 4.79 Å². The van der Waals surface area contributed by atoms with Crippen molar-refractivity contribution in [3.05, 3.63) is 74.9 Å². The standard InChI is InChI=1S/C22H22Cl2N4O2/c1-14-3-4-15(2)19(11-14)27-7-9-28(10-8-27)22(29)21-26-25-20(30-21)12-16-5-6-17(23)13-18(16)24/h3-6,11,13H,7-10,12H2,1-2H3. The zero-order valence-electron chi connectivity index (χ0n) is 16.9. The van der Waals surface area contributed by atoms with Crippen molar-refractivity contribution in [1.29, 1.82) is 0 Å². The number of piperazine rings is 1. The third kappa shape index (κ3) is 4.45. The number of aryl methyl sites for hydroxylation is 2. The van der Waals surface area contributed by atoms with E-state index in [1.54, 1.807) is 17.0 Å². The Labute approximate surface area is 185 Å². The number of anilines is 1. The molecule has 2 aromatic carbocycles. The summed E-state index contributed by atoms with van der Waals surface area (Å²) < 4.78 is 5.62. The minimum absolute atomic E-state index is 0.00951. The average molecular weight is 445 g/mol. The number of carbonyl (C=O) groups is 1. The largest absolute Gasteiger partial charge is 0.417 e. The Bertz CT molecular complexity index is 1070. The summed E-state index contributed by atoms with van der Waals surface area (Å²) in [6.07, 6.45) is 0.344. The molecule has 1 amide bonds. The van der Waals surface area contributed by atoms with Crippen LogP contribution in [0.1, 0.15) is 33.3 Å². The fourth-order valence-electron chi connectivity index (χ4n) is 3.59. The molecule has 1 fully saturated rings. The van der Waals surface area contributed by atoms with E-state index in [2.05, 4.69) is 47.1 Å². The first-order valence-electron chi connectivity index (χ1n) is 9.78. The Balaban J connectivity index is 1.39. The number of benzene rings is 2. The molecule has 8 heteroatoms. The predicted octanol–water partition coefficient (Wildman–Crippen LogP) is 4.55. The molecule has 2 heterocycles. The van der Waals surface area contributed by atoms with E-state index in [1.807, 2.05) is 6.07 Å². The number of carbonyl (C=O) groups excluding carboxylic acids is 1. The molecule has 1 aliphatic rings. The Kier molecular flexibility index (Phi) is 5.97. The zero-order chi connectivity index (χ0) is 21.3. The van der Waals surface area contributed by atoms with Gasteiger partial charge < -0.3 is 14.2 Å². The molecule has 1 saturated heterocycles. The zero-order valence-corrected chi connectivity index (χ0v) is 18.4. The summed E-state index contributed by atoms with van der Waals surface area (Å²) in [6, 6.07) is 11.7. The Morgan fingerprint density at radius 2 is 1.80 bits per heavy atom. The molecule has 0 radical (unpaired) electrons. The van der Waals surface area contributed by atoms with Crippen molar-refractivity contribution >= 4 is 34.8 Å². The highest BCUT2D eigenvalue weighted by Gasteiger charge is 2.26. The molecule has 1 aliphatic heterocycles. The van der Waals surface area contributed by atoms with Gasteiger partial charge in [0.1, 0.15) is 0 Å². The molecule has 0 spiro atoms. The minimum atomic E-state index is -0.239. The van der Waals surface area contributed by atoms with Gasteiger partial charge in [-0.2, -0.15) is 0 Å². The van der Waals surface area contributed by atoms with Crippen LogP contribution in [-0.4, -0.2) is 47.2 Å². The quantitative estimate of drug-likeness (QED) is 0.590. The van der Waals surface area contributed by atoms with Gasteiger partial charge in [-0.05, 0) is 48.7 Å². The molecular weight excluding hydrogens is 423 g/mol. The maximum absolute atomic E-state index is 12.8. The summed E-state index contributed by atoms with van der Waals surface area (Å²) in [5.74, 6) is 0.114. The third-order valence-electron chi connectivity index (χ3n) is 5.28. The number of aromatic nitrogens is 2. The van der Waals surface area contributed by atoms with Crippen molar-refractivity contribution < 1.29 is 9.21 Å². The monoisotopic (exact) mass is 444 g/mol. The Morgan fingerprint density at radius 1 is 1.03 bits per heavy atom. The molecule has 156 valence electrons. The molecule has 0 aliphatic carbocycles. The van der Waals surface area contributed by atoms with Gasteiger partial charge in [0.25, 0.3) is 0 Å². The van der Waals surface area contributed by atoms with E-state index in [4.69, 9.17) is 27.6 Å². The average Bonchev–Trinajstić information content (AvgIpc) is 3.20. The topological polar surface area (TPSA) is 62.5 Å². The smallest absolute Gasteiger partial charge is 0.311 e. The fraction of sp³-hybridized carbons (Fsp3) is 0.318. The summed E-state index contributed by atoms with van der Waals surface area (Å²) in [7, 11) is 0. The van der Waals surface area contributed by atoms with Gasteiger partial charge in [0, 0.05) is 41.9 Å². The van der Waals surface area contributed by atoms with E-state index in [0.717, 1.165) is 18.7 Å². The van der Waals surface area contributed by atoms with Gasteiger partial charge in [0.2, 0.25) is 5.89 Å². The SMILES string of the molecule is Cc1ccc(C)c(N2CCN(C(=O)c3nnc(Cc4ccc(Cl)cc4Cl)o3)CC2)c1. The molecule has 6 nitrogen and oxygen atoms in total. The van der Waals surface area contributed by atoms with E-state index in [-0.39, 0.29) is 11.8 Å². The lowest BCUT2D eigenvalue weighted by atomic mass is 10.1. The number of hydrogen-bond donors (Lipinski definition) is 0. The maximum atomic E-state index is 12.8. The minimum Gasteiger partial charge on any atom is -0.417 e. The van der Waals surface area contributed by atoms with Gasteiger partial charge >= 0.3 is 11.8 Å². The summed E-state index contributed by atoms with van der Waals surface area (Å²) >= 11 is 12.1. The molecule has 30 heavy (non-hydrogen) atoms. The molecule has 0 N–H and O–H groups in total. The summed E-state index contributed by atoms with van der Waals surface area (Å²) in [4.78, 5) is 16.9. The summed E-state index contributed by atoms with van der Waals surface area (Å²) in [5, 5.41) is 9.04. The first-order valence-corrected chi connectivity index (χ1v) is 10.5. The molecule has 0 atom stereocenters. The predicted molar refractivity (Wildman–Crippen MR) is 118 cm³/mol. The van der Waals surface area contributed by atoms with E-state index < -0.39 is 0 Å².